The van der Waals surface area contributed by atoms with Crippen LogP contribution in [0.5, 0.6) is 11.5 Å². The molecule has 1 aromatic heterocycles. The van der Waals surface area contributed by atoms with Crippen LogP contribution in [-0.4, -0.2) is 45.8 Å². The summed E-state index contributed by atoms with van der Waals surface area (Å²) in [5.74, 6) is 0.00804. The van der Waals surface area contributed by atoms with Crippen molar-refractivity contribution in [1.29, 1.82) is 0 Å². The third-order valence-corrected chi connectivity index (χ3v) is 5.94. The van der Waals surface area contributed by atoms with Crippen molar-refractivity contribution in [1.82, 2.24) is 10.3 Å². The van der Waals surface area contributed by atoms with Crippen LogP contribution in [0, 0.1) is 0 Å². The van der Waals surface area contributed by atoms with Crippen LogP contribution in [-0.2, 0) is 16.7 Å². The molecule has 172 valence electrons. The first kappa shape index (κ1) is 23.7. The number of carbonyl (C=O) groups is 1. The maximum absolute atomic E-state index is 12.6. The minimum Gasteiger partial charge on any atom is -0.493 e. The van der Waals surface area contributed by atoms with Gasteiger partial charge in [-0.1, -0.05) is 0 Å². The number of nitrogens with one attached hydrogen (secondary N) is 2. The van der Waals surface area contributed by atoms with Gasteiger partial charge in [0.15, 0.2) is 11.5 Å². The zero-order valence-corrected chi connectivity index (χ0v) is 19.9. The summed E-state index contributed by atoms with van der Waals surface area (Å²) >= 11 is 0. The predicted octanol–water partition coefficient (Wildman–Crippen LogP) is 3.69. The first-order chi connectivity index (χ1) is 14.8. The van der Waals surface area contributed by atoms with E-state index < -0.39 is 10.1 Å². The number of fused-ring (bicyclic) bond motifs is 2. The first-order valence-electron chi connectivity index (χ1n) is 10.0. The number of anilines is 1. The normalized spacial score (nSPS) is 12.8. The summed E-state index contributed by atoms with van der Waals surface area (Å²) in [4.78, 5) is 18.3. The molecule has 3 aromatic rings. The predicted molar refractivity (Wildman–Crippen MR) is 128 cm³/mol. The second kappa shape index (κ2) is 8.91. The molecule has 10 heteroatoms. The van der Waals surface area contributed by atoms with Gasteiger partial charge in [0.05, 0.1) is 18.9 Å². The molecule has 2 heterocycles. The summed E-state index contributed by atoms with van der Waals surface area (Å²) in [7, 11) is -2.36. The molecule has 0 saturated heterocycles. The monoisotopic (exact) mass is 479 g/mol. The maximum Gasteiger partial charge on any atom is 0.306 e. The average Bonchev–Trinajstić information content (AvgIpc) is 3.32. The van der Waals surface area contributed by atoms with Crippen LogP contribution in [0.1, 0.15) is 29.8 Å². The van der Waals surface area contributed by atoms with E-state index in [9.17, 15) is 13.2 Å². The van der Waals surface area contributed by atoms with Gasteiger partial charge in [0.25, 0.3) is 5.91 Å². The zero-order chi connectivity index (χ0) is 22.3. The van der Waals surface area contributed by atoms with Gasteiger partial charge in [0, 0.05) is 53.0 Å². The number of methoxy groups -OCH3 is 1. The standard InChI is InChI=1S/C22H25N3O5S.ClH/c1-5-25(6-2)14-7-8-17-13(9-14)10-18(24-17)15-11-19(29-3)21(30-31(4,27)28)16-12-23-22(26)20(15)16;/h7-11,24H,5-6,12H2,1-4H3,(H,23,26);1H. The van der Waals surface area contributed by atoms with E-state index in [1.165, 1.54) is 7.11 Å². The Labute approximate surface area is 193 Å². The van der Waals surface area contributed by atoms with Crippen molar-refractivity contribution in [2.75, 3.05) is 31.4 Å². The third kappa shape index (κ3) is 4.22. The number of H-pyrrole nitrogens is 1. The number of ether oxygens (including phenoxy) is 1. The highest BCUT2D eigenvalue weighted by Crippen LogP contribution is 2.43. The van der Waals surface area contributed by atoms with Crippen LogP contribution in [0.3, 0.4) is 0 Å². The number of nitrogens with zero attached hydrogens (tertiary/aromatic N) is 1. The number of aromatic amines is 1. The minimum atomic E-state index is -3.80. The molecule has 0 atom stereocenters. The number of hydrogen-bond donors (Lipinski definition) is 2. The van der Waals surface area contributed by atoms with Gasteiger partial charge in [-0.2, -0.15) is 8.42 Å². The number of hydrogen-bond acceptors (Lipinski definition) is 6. The molecule has 0 bridgehead atoms. The molecular formula is C22H26ClN3O5S. The van der Waals surface area contributed by atoms with Crippen molar-refractivity contribution >= 4 is 45.0 Å². The average molecular weight is 480 g/mol. The van der Waals surface area contributed by atoms with E-state index in [1.54, 1.807) is 6.07 Å². The van der Waals surface area contributed by atoms with Crippen molar-refractivity contribution in [3.63, 3.8) is 0 Å². The summed E-state index contributed by atoms with van der Waals surface area (Å²) in [6.07, 6.45) is 0.960. The van der Waals surface area contributed by atoms with E-state index in [1.807, 2.05) is 12.1 Å². The van der Waals surface area contributed by atoms with Crippen LogP contribution >= 0.6 is 12.4 Å². The number of rotatable bonds is 7. The van der Waals surface area contributed by atoms with E-state index in [0.717, 1.165) is 41.6 Å². The van der Waals surface area contributed by atoms with E-state index in [4.69, 9.17) is 8.92 Å². The molecule has 0 fully saturated rings. The Morgan fingerprint density at radius 2 is 1.84 bits per heavy atom. The summed E-state index contributed by atoms with van der Waals surface area (Å²) in [5, 5.41) is 3.77. The zero-order valence-electron chi connectivity index (χ0n) is 18.3. The van der Waals surface area contributed by atoms with Crippen molar-refractivity contribution in [2.45, 2.75) is 20.4 Å². The molecular weight excluding hydrogens is 454 g/mol. The van der Waals surface area contributed by atoms with Crippen molar-refractivity contribution in [3.05, 3.63) is 41.5 Å². The van der Waals surface area contributed by atoms with Crippen LogP contribution in [0.15, 0.2) is 30.3 Å². The summed E-state index contributed by atoms with van der Waals surface area (Å²) < 4.78 is 34.1. The highest BCUT2D eigenvalue weighted by molar-refractivity contribution is 7.86. The Morgan fingerprint density at radius 1 is 1.12 bits per heavy atom. The first-order valence-corrected chi connectivity index (χ1v) is 11.9. The van der Waals surface area contributed by atoms with Gasteiger partial charge in [-0.25, -0.2) is 0 Å². The molecule has 0 spiro atoms. The molecule has 1 aliphatic heterocycles. The molecule has 0 aliphatic carbocycles. The highest BCUT2D eigenvalue weighted by atomic mass is 35.5. The Balaban J connectivity index is 0.00000289. The molecule has 32 heavy (non-hydrogen) atoms. The molecule has 0 saturated carbocycles. The highest BCUT2D eigenvalue weighted by Gasteiger charge is 2.31. The van der Waals surface area contributed by atoms with E-state index >= 15 is 0 Å². The Hall–Kier alpha value is -2.91. The molecule has 8 nitrogen and oxygen atoms in total. The maximum atomic E-state index is 12.6. The smallest absolute Gasteiger partial charge is 0.306 e. The van der Waals surface area contributed by atoms with Gasteiger partial charge in [0.1, 0.15) is 0 Å². The third-order valence-electron chi connectivity index (χ3n) is 5.47. The quantitative estimate of drug-likeness (QED) is 0.501. The fraction of sp³-hybridized carbons (Fsp3) is 0.318. The van der Waals surface area contributed by atoms with Gasteiger partial charge in [-0.05, 0) is 44.2 Å². The Kier molecular flexibility index (Phi) is 6.61. The topological polar surface area (TPSA) is 101 Å². The van der Waals surface area contributed by atoms with Gasteiger partial charge in [-0.3, -0.25) is 4.79 Å². The molecule has 1 amide bonds. The van der Waals surface area contributed by atoms with E-state index in [-0.39, 0.29) is 36.4 Å². The SMILES string of the molecule is CCN(CC)c1ccc2[nH]c(-c3cc(OC)c(OS(C)(=O)=O)c4c3C(=O)NC4)cc2c1.Cl. The van der Waals surface area contributed by atoms with Gasteiger partial charge < -0.3 is 24.1 Å². The number of aromatic nitrogens is 1. The molecule has 0 radical (unpaired) electrons. The van der Waals surface area contributed by atoms with Gasteiger partial charge in [-0.15, -0.1) is 12.4 Å². The molecule has 2 aromatic carbocycles. The fourth-order valence-corrected chi connectivity index (χ4v) is 4.52. The van der Waals surface area contributed by atoms with Crippen LogP contribution in [0.4, 0.5) is 5.69 Å². The lowest BCUT2D eigenvalue weighted by Gasteiger charge is -2.20. The summed E-state index contributed by atoms with van der Waals surface area (Å²) in [6.45, 7) is 6.21. The Bertz CT molecular complexity index is 1280. The van der Waals surface area contributed by atoms with E-state index in [2.05, 4.69) is 41.2 Å². The van der Waals surface area contributed by atoms with Crippen LogP contribution in [0.2, 0.25) is 0 Å². The van der Waals surface area contributed by atoms with Crippen LogP contribution in [0.25, 0.3) is 22.2 Å². The number of carbonyl (C=O) groups excluding carboxylic acids is 1. The lowest BCUT2D eigenvalue weighted by atomic mass is 9.98. The lowest BCUT2D eigenvalue weighted by Crippen LogP contribution is -2.21. The summed E-state index contributed by atoms with van der Waals surface area (Å²) in [6, 6.07) is 9.82. The molecule has 1 aliphatic rings. The fourth-order valence-electron chi connectivity index (χ4n) is 4.04. The molecule has 2 N–H and O–H groups in total. The largest absolute Gasteiger partial charge is 0.493 e. The lowest BCUT2D eigenvalue weighted by molar-refractivity contribution is 0.0966. The Morgan fingerprint density at radius 3 is 2.47 bits per heavy atom. The van der Waals surface area contributed by atoms with Crippen LogP contribution < -0.4 is 19.1 Å². The minimum absolute atomic E-state index is 0. The van der Waals surface area contributed by atoms with Crippen molar-refractivity contribution in [3.8, 4) is 22.8 Å². The number of halogens is 1. The number of amides is 1. The second-order valence-electron chi connectivity index (χ2n) is 7.41. The molecule has 0 unspecified atom stereocenters. The van der Waals surface area contributed by atoms with E-state index in [0.29, 0.717) is 16.7 Å². The summed E-state index contributed by atoms with van der Waals surface area (Å²) in [5.41, 5.74) is 4.28. The second-order valence-corrected chi connectivity index (χ2v) is 8.98. The van der Waals surface area contributed by atoms with Crippen molar-refractivity contribution < 1.29 is 22.1 Å². The molecule has 4 rings (SSSR count). The number of benzene rings is 2. The van der Waals surface area contributed by atoms with Crippen molar-refractivity contribution in [2.24, 2.45) is 0 Å². The van der Waals surface area contributed by atoms with Gasteiger partial charge in [0.2, 0.25) is 0 Å². The van der Waals surface area contributed by atoms with Gasteiger partial charge >= 0.3 is 10.1 Å².